The molecule has 1 heterocycles. The Hall–Kier alpha value is -0.991. The van der Waals surface area contributed by atoms with E-state index in [2.05, 4.69) is 16.4 Å². The van der Waals surface area contributed by atoms with Crippen molar-refractivity contribution < 1.29 is 20.1 Å². The maximum absolute atomic E-state index is 3.82. The summed E-state index contributed by atoms with van der Waals surface area (Å²) < 4.78 is 1.67. The average molecular weight is 336 g/mol. The molecule has 0 bridgehead atoms. The van der Waals surface area contributed by atoms with Gasteiger partial charge in [0.2, 0.25) is 0 Å². The Kier molecular flexibility index (Phi) is 3.14. The van der Waals surface area contributed by atoms with Gasteiger partial charge in [0.25, 0.3) is 0 Å². The van der Waals surface area contributed by atoms with Crippen LogP contribution in [-0.4, -0.2) is 15.0 Å². The Morgan fingerprint density at radius 1 is 1.33 bits per heavy atom. The van der Waals surface area contributed by atoms with Gasteiger partial charge in [-0.3, -0.25) is 0 Å². The van der Waals surface area contributed by atoms with Crippen molar-refractivity contribution >= 4 is 0 Å². The Bertz CT molecular complexity index is 317. The van der Waals surface area contributed by atoms with Gasteiger partial charge >= 0.3 is 0 Å². The molecule has 0 atom stereocenters. The molecule has 0 saturated carbocycles. The first-order valence-electron chi connectivity index (χ1n) is 3.30. The summed E-state index contributed by atoms with van der Waals surface area (Å²) in [6.45, 7) is 0. The van der Waals surface area contributed by atoms with Crippen LogP contribution in [0, 0.1) is 6.07 Å². The van der Waals surface area contributed by atoms with Crippen molar-refractivity contribution in [1.82, 2.24) is 15.0 Å². The van der Waals surface area contributed by atoms with Crippen LogP contribution < -0.4 is 0 Å². The predicted molar refractivity (Wildman–Crippen MR) is 40.2 cm³/mol. The standard InChI is InChI=1S/C8H6N3.Ir/c1-2-4-8(5-3-1)11-7-6-9-10-11;/h1-4,6-7H;/q-1;. The molecule has 2 rings (SSSR count). The molecule has 0 aliphatic rings. The molecule has 0 spiro atoms. The number of hydrogen-bond donors (Lipinski definition) is 0. The molecule has 0 aliphatic carbocycles. The second-order valence-corrected chi connectivity index (χ2v) is 2.10. The molecule has 0 fully saturated rings. The molecule has 1 aromatic carbocycles. The van der Waals surface area contributed by atoms with Gasteiger partial charge in [0.15, 0.2) is 0 Å². The number of rotatable bonds is 1. The molecule has 4 heteroatoms. The van der Waals surface area contributed by atoms with Crippen LogP contribution in [0.15, 0.2) is 36.7 Å². The summed E-state index contributed by atoms with van der Waals surface area (Å²) in [6.07, 6.45) is 3.42. The Balaban J connectivity index is 0.000000720. The molecule has 1 aromatic heterocycles. The van der Waals surface area contributed by atoms with Crippen LogP contribution in [0.2, 0.25) is 0 Å². The van der Waals surface area contributed by atoms with E-state index >= 15 is 0 Å². The van der Waals surface area contributed by atoms with Crippen LogP contribution in [0.4, 0.5) is 0 Å². The normalized spacial score (nSPS) is 9.00. The van der Waals surface area contributed by atoms with Crippen molar-refractivity contribution in [2.75, 3.05) is 0 Å². The third-order valence-electron chi connectivity index (χ3n) is 1.36. The van der Waals surface area contributed by atoms with Crippen molar-refractivity contribution in [3.05, 3.63) is 42.7 Å². The van der Waals surface area contributed by atoms with Crippen molar-refractivity contribution in [2.24, 2.45) is 0 Å². The largest absolute Gasteiger partial charge is 0.245 e. The molecule has 0 N–H and O–H groups in total. The predicted octanol–water partition coefficient (Wildman–Crippen LogP) is 1.06. The van der Waals surface area contributed by atoms with Gasteiger partial charge < -0.3 is 0 Å². The van der Waals surface area contributed by atoms with Gasteiger partial charge in [-0.2, -0.15) is 24.3 Å². The molecule has 1 radical (unpaired) electrons. The van der Waals surface area contributed by atoms with E-state index in [9.17, 15) is 0 Å². The molecular formula is C8H6IrN3-. The number of benzene rings is 1. The molecule has 0 amide bonds. The zero-order chi connectivity index (χ0) is 7.52. The van der Waals surface area contributed by atoms with Gasteiger partial charge in [0.1, 0.15) is 0 Å². The first-order valence-corrected chi connectivity index (χ1v) is 3.30. The van der Waals surface area contributed by atoms with Crippen LogP contribution in [0.5, 0.6) is 0 Å². The molecule has 12 heavy (non-hydrogen) atoms. The number of hydrogen-bond acceptors (Lipinski definition) is 2. The quantitative estimate of drug-likeness (QED) is 0.730. The minimum Gasteiger partial charge on any atom is -0.245 e. The fourth-order valence-corrected chi connectivity index (χ4v) is 0.863. The summed E-state index contributed by atoms with van der Waals surface area (Å²) in [6, 6.07) is 10.7. The van der Waals surface area contributed by atoms with E-state index in [0.717, 1.165) is 5.69 Å². The smallest absolute Gasteiger partial charge is 0.0696 e. The monoisotopic (exact) mass is 337 g/mol. The summed E-state index contributed by atoms with van der Waals surface area (Å²) in [5.41, 5.74) is 0.907. The van der Waals surface area contributed by atoms with Crippen molar-refractivity contribution in [3.63, 3.8) is 0 Å². The molecule has 63 valence electrons. The summed E-state index contributed by atoms with van der Waals surface area (Å²) in [5, 5.41) is 7.51. The second-order valence-electron chi connectivity index (χ2n) is 2.10. The van der Waals surface area contributed by atoms with Gasteiger partial charge in [0, 0.05) is 26.3 Å². The molecule has 3 nitrogen and oxygen atoms in total. The van der Waals surface area contributed by atoms with Crippen LogP contribution in [0.25, 0.3) is 5.69 Å². The Morgan fingerprint density at radius 3 is 2.83 bits per heavy atom. The molecule has 0 unspecified atom stereocenters. The van der Waals surface area contributed by atoms with Gasteiger partial charge in [-0.1, -0.05) is 5.21 Å². The third kappa shape index (κ3) is 1.78. The summed E-state index contributed by atoms with van der Waals surface area (Å²) in [4.78, 5) is 0. The fraction of sp³-hybridized carbons (Fsp3) is 0. The Morgan fingerprint density at radius 2 is 2.25 bits per heavy atom. The van der Waals surface area contributed by atoms with Crippen LogP contribution in [0.3, 0.4) is 0 Å². The average Bonchev–Trinajstić information content (AvgIpc) is 2.58. The molecule has 0 aliphatic heterocycles. The molecule has 0 saturated heterocycles. The van der Waals surface area contributed by atoms with Crippen molar-refractivity contribution in [2.45, 2.75) is 0 Å². The fourth-order valence-electron chi connectivity index (χ4n) is 0.863. The minimum absolute atomic E-state index is 0. The summed E-state index contributed by atoms with van der Waals surface area (Å²) >= 11 is 0. The summed E-state index contributed by atoms with van der Waals surface area (Å²) in [5.74, 6) is 0. The number of aromatic nitrogens is 3. The first kappa shape index (κ1) is 9.10. The first-order chi connectivity index (χ1) is 5.47. The van der Waals surface area contributed by atoms with Crippen LogP contribution in [-0.2, 0) is 20.1 Å². The number of nitrogens with zero attached hydrogens (tertiary/aromatic N) is 3. The zero-order valence-corrected chi connectivity index (χ0v) is 8.53. The van der Waals surface area contributed by atoms with E-state index < -0.39 is 0 Å². The zero-order valence-electron chi connectivity index (χ0n) is 6.14. The van der Waals surface area contributed by atoms with Gasteiger partial charge in [0.05, 0.1) is 6.20 Å². The minimum atomic E-state index is 0. The molecular weight excluding hydrogens is 330 g/mol. The maximum Gasteiger partial charge on any atom is 0.0696 e. The van der Waals surface area contributed by atoms with E-state index in [4.69, 9.17) is 0 Å². The van der Waals surface area contributed by atoms with Gasteiger partial charge in [-0.15, -0.1) is 11.2 Å². The van der Waals surface area contributed by atoms with Crippen LogP contribution in [0.1, 0.15) is 0 Å². The summed E-state index contributed by atoms with van der Waals surface area (Å²) in [7, 11) is 0. The second kappa shape index (κ2) is 4.14. The third-order valence-corrected chi connectivity index (χ3v) is 1.36. The number of para-hydroxylation sites is 1. The SMILES string of the molecule is [Ir].[c-]1ccccc1-n1ccnn1. The van der Waals surface area contributed by atoms with Gasteiger partial charge in [-0.25, -0.2) is 4.68 Å². The van der Waals surface area contributed by atoms with E-state index in [0.29, 0.717) is 0 Å². The van der Waals surface area contributed by atoms with Crippen LogP contribution >= 0.6 is 0 Å². The van der Waals surface area contributed by atoms with E-state index in [-0.39, 0.29) is 20.1 Å². The van der Waals surface area contributed by atoms with E-state index in [1.165, 1.54) is 0 Å². The van der Waals surface area contributed by atoms with Gasteiger partial charge in [-0.05, 0) is 5.69 Å². The van der Waals surface area contributed by atoms with E-state index in [1.807, 2.05) is 24.3 Å². The molecule has 2 aromatic rings. The van der Waals surface area contributed by atoms with Crippen molar-refractivity contribution in [3.8, 4) is 5.69 Å². The maximum atomic E-state index is 3.82. The topological polar surface area (TPSA) is 30.7 Å². The van der Waals surface area contributed by atoms with E-state index in [1.54, 1.807) is 17.1 Å². The van der Waals surface area contributed by atoms with Crippen molar-refractivity contribution in [1.29, 1.82) is 0 Å². The Labute approximate surface area is 83.8 Å².